The molecule has 0 amide bonds. The molecule has 2 heteroatoms. The van der Waals surface area contributed by atoms with Crippen LogP contribution in [0, 0.1) is 11.8 Å². The molecule has 0 saturated heterocycles. The second-order valence-electron chi connectivity index (χ2n) is 3.96. The Hall–Kier alpha value is -1.30. The van der Waals surface area contributed by atoms with E-state index in [9.17, 15) is 0 Å². The number of hydrogen-bond acceptors (Lipinski definition) is 2. The van der Waals surface area contributed by atoms with Gasteiger partial charge in [-0.25, -0.2) is 0 Å². The maximum absolute atomic E-state index is 4.23. The van der Waals surface area contributed by atoms with E-state index in [2.05, 4.69) is 61.4 Å². The molecule has 2 aromatic carbocycles. The lowest BCUT2D eigenvalue weighted by Gasteiger charge is -1.96. The highest BCUT2D eigenvalue weighted by atomic mass is 32.1. The van der Waals surface area contributed by atoms with Crippen LogP contribution in [-0.2, 0) is 11.5 Å². The van der Waals surface area contributed by atoms with Crippen molar-refractivity contribution >= 4 is 25.3 Å². The summed E-state index contributed by atoms with van der Waals surface area (Å²) in [4.78, 5) is 0. The smallest absolute Gasteiger partial charge is 0.0249 e. The van der Waals surface area contributed by atoms with Gasteiger partial charge in [0.1, 0.15) is 0 Å². The first-order valence-corrected chi connectivity index (χ1v) is 7.00. The van der Waals surface area contributed by atoms with E-state index in [1.807, 2.05) is 24.3 Å². The van der Waals surface area contributed by atoms with Gasteiger partial charge in [0.05, 0.1) is 0 Å². The Morgan fingerprint density at radius 3 is 1.22 bits per heavy atom. The quantitative estimate of drug-likeness (QED) is 0.599. The third kappa shape index (κ3) is 3.60. The van der Waals surface area contributed by atoms with Crippen LogP contribution >= 0.6 is 25.3 Å². The van der Waals surface area contributed by atoms with Crippen LogP contribution in [-0.4, -0.2) is 0 Å². The van der Waals surface area contributed by atoms with Crippen LogP contribution in [0.25, 0.3) is 0 Å². The van der Waals surface area contributed by atoms with E-state index in [-0.39, 0.29) is 0 Å². The Bertz CT molecular complexity index is 505. The fourth-order valence-corrected chi connectivity index (χ4v) is 1.95. The van der Waals surface area contributed by atoms with E-state index >= 15 is 0 Å². The van der Waals surface area contributed by atoms with Gasteiger partial charge in [0.2, 0.25) is 0 Å². The van der Waals surface area contributed by atoms with Gasteiger partial charge in [-0.15, -0.1) is 0 Å². The molecule has 0 heterocycles. The van der Waals surface area contributed by atoms with Crippen LogP contribution in [0.3, 0.4) is 0 Å². The SMILES string of the molecule is SCc1ccc(C#Cc2ccc(CS)cc2)cc1. The number of thiol groups is 2. The number of benzene rings is 2. The van der Waals surface area contributed by atoms with Gasteiger partial charge in [-0.05, 0) is 35.4 Å². The van der Waals surface area contributed by atoms with Gasteiger partial charge in [0, 0.05) is 22.6 Å². The van der Waals surface area contributed by atoms with E-state index in [1.165, 1.54) is 11.1 Å². The topological polar surface area (TPSA) is 0 Å². The van der Waals surface area contributed by atoms with Gasteiger partial charge in [0.15, 0.2) is 0 Å². The predicted molar refractivity (Wildman–Crippen MR) is 84.2 cm³/mol. The lowest BCUT2D eigenvalue weighted by atomic mass is 10.1. The van der Waals surface area contributed by atoms with E-state index in [0.29, 0.717) is 0 Å². The normalized spacial score (nSPS) is 9.67. The van der Waals surface area contributed by atoms with Crippen LogP contribution in [0.15, 0.2) is 48.5 Å². The summed E-state index contributed by atoms with van der Waals surface area (Å²) < 4.78 is 0. The average molecular weight is 270 g/mol. The van der Waals surface area contributed by atoms with E-state index in [1.54, 1.807) is 0 Å². The lowest BCUT2D eigenvalue weighted by Crippen LogP contribution is -1.80. The molecule has 0 aliphatic carbocycles. The monoisotopic (exact) mass is 270 g/mol. The summed E-state index contributed by atoms with van der Waals surface area (Å²) in [6.07, 6.45) is 0. The fourth-order valence-electron chi connectivity index (χ4n) is 1.53. The molecule has 0 aliphatic rings. The van der Waals surface area contributed by atoms with Crippen molar-refractivity contribution in [3.8, 4) is 11.8 Å². The Labute approximate surface area is 119 Å². The molecule has 2 aromatic rings. The molecule has 0 N–H and O–H groups in total. The molecular formula is C16H14S2. The predicted octanol–water partition coefficient (Wildman–Crippen LogP) is 3.95. The first kappa shape index (κ1) is 13.1. The fraction of sp³-hybridized carbons (Fsp3) is 0.125. The molecule has 0 saturated carbocycles. The molecule has 0 unspecified atom stereocenters. The molecule has 0 atom stereocenters. The van der Waals surface area contributed by atoms with Crippen molar-refractivity contribution in [3.63, 3.8) is 0 Å². The van der Waals surface area contributed by atoms with Crippen molar-refractivity contribution in [1.82, 2.24) is 0 Å². The molecule has 0 bridgehead atoms. The zero-order valence-corrected chi connectivity index (χ0v) is 11.7. The number of rotatable bonds is 2. The summed E-state index contributed by atoms with van der Waals surface area (Å²) in [6, 6.07) is 16.3. The van der Waals surface area contributed by atoms with Crippen LogP contribution in [0.1, 0.15) is 22.3 Å². The highest BCUT2D eigenvalue weighted by Gasteiger charge is 1.91. The average Bonchev–Trinajstić information content (AvgIpc) is 2.46. The van der Waals surface area contributed by atoms with Gasteiger partial charge >= 0.3 is 0 Å². The molecule has 2 rings (SSSR count). The largest absolute Gasteiger partial charge is 0.175 e. The zero-order valence-electron chi connectivity index (χ0n) is 9.93. The molecule has 0 radical (unpaired) electrons. The second-order valence-corrected chi connectivity index (χ2v) is 4.59. The van der Waals surface area contributed by atoms with Crippen molar-refractivity contribution in [2.45, 2.75) is 11.5 Å². The Morgan fingerprint density at radius 1 is 0.611 bits per heavy atom. The van der Waals surface area contributed by atoms with Gasteiger partial charge in [-0.2, -0.15) is 25.3 Å². The van der Waals surface area contributed by atoms with Crippen molar-refractivity contribution in [3.05, 3.63) is 70.8 Å². The molecule has 0 aromatic heterocycles. The lowest BCUT2D eigenvalue weighted by molar-refractivity contribution is 1.41. The van der Waals surface area contributed by atoms with Gasteiger partial charge in [-0.1, -0.05) is 36.1 Å². The van der Waals surface area contributed by atoms with E-state index in [0.717, 1.165) is 22.6 Å². The maximum atomic E-state index is 4.23. The van der Waals surface area contributed by atoms with Crippen LogP contribution < -0.4 is 0 Å². The van der Waals surface area contributed by atoms with E-state index < -0.39 is 0 Å². The minimum atomic E-state index is 0.763. The van der Waals surface area contributed by atoms with Crippen molar-refractivity contribution in [1.29, 1.82) is 0 Å². The standard InChI is InChI=1S/C16H14S2/c17-11-15-7-3-13(4-8-15)1-2-14-5-9-16(12-18)10-6-14/h3-10,17-18H,11-12H2. The number of hydrogen-bond donors (Lipinski definition) is 2. The van der Waals surface area contributed by atoms with Gasteiger partial charge in [-0.3, -0.25) is 0 Å². The minimum absolute atomic E-state index is 0.763. The third-order valence-corrected chi connectivity index (χ3v) is 3.35. The van der Waals surface area contributed by atoms with E-state index in [4.69, 9.17) is 0 Å². The summed E-state index contributed by atoms with van der Waals surface area (Å²) in [5.41, 5.74) is 4.47. The molecule has 0 aliphatic heterocycles. The van der Waals surface area contributed by atoms with Crippen molar-refractivity contribution < 1.29 is 0 Å². The molecule has 0 nitrogen and oxygen atoms in total. The first-order valence-electron chi connectivity index (χ1n) is 5.73. The first-order chi connectivity index (χ1) is 8.81. The minimum Gasteiger partial charge on any atom is -0.175 e. The second kappa shape index (κ2) is 6.58. The Kier molecular flexibility index (Phi) is 4.81. The van der Waals surface area contributed by atoms with Crippen LogP contribution in [0.5, 0.6) is 0 Å². The third-order valence-electron chi connectivity index (χ3n) is 2.62. The Morgan fingerprint density at radius 2 is 0.944 bits per heavy atom. The summed E-state index contributed by atoms with van der Waals surface area (Å²) >= 11 is 8.46. The molecule has 0 fully saturated rings. The summed E-state index contributed by atoms with van der Waals surface area (Å²) in [5, 5.41) is 0. The molecule has 0 spiro atoms. The van der Waals surface area contributed by atoms with Crippen molar-refractivity contribution in [2.75, 3.05) is 0 Å². The van der Waals surface area contributed by atoms with Crippen LogP contribution in [0.4, 0.5) is 0 Å². The maximum Gasteiger partial charge on any atom is 0.0249 e. The molecule has 90 valence electrons. The van der Waals surface area contributed by atoms with Gasteiger partial charge < -0.3 is 0 Å². The van der Waals surface area contributed by atoms with Crippen molar-refractivity contribution in [2.24, 2.45) is 0 Å². The zero-order chi connectivity index (χ0) is 12.8. The summed E-state index contributed by atoms with van der Waals surface area (Å²) in [6.45, 7) is 0. The molecular weight excluding hydrogens is 256 g/mol. The summed E-state index contributed by atoms with van der Waals surface area (Å²) in [5.74, 6) is 7.84. The highest BCUT2D eigenvalue weighted by molar-refractivity contribution is 7.79. The molecule has 18 heavy (non-hydrogen) atoms. The highest BCUT2D eigenvalue weighted by Crippen LogP contribution is 2.07. The van der Waals surface area contributed by atoms with Gasteiger partial charge in [0.25, 0.3) is 0 Å². The summed E-state index contributed by atoms with van der Waals surface area (Å²) in [7, 11) is 0. The Balaban J connectivity index is 2.14. The van der Waals surface area contributed by atoms with Crippen LogP contribution in [0.2, 0.25) is 0 Å².